The van der Waals surface area contributed by atoms with E-state index in [2.05, 4.69) is 5.32 Å². The summed E-state index contributed by atoms with van der Waals surface area (Å²) in [5.41, 5.74) is 1.01. The molecule has 3 amide bonds. The summed E-state index contributed by atoms with van der Waals surface area (Å²) in [6, 6.07) is 10.6. The molecule has 1 saturated heterocycles. The van der Waals surface area contributed by atoms with Crippen LogP contribution >= 0.6 is 11.6 Å². The average Bonchev–Trinajstić information content (AvgIpc) is 2.93. The van der Waals surface area contributed by atoms with E-state index in [1.807, 2.05) is 13.8 Å². The first-order valence-corrected chi connectivity index (χ1v) is 9.31. The summed E-state index contributed by atoms with van der Waals surface area (Å²) >= 11 is 6.26. The van der Waals surface area contributed by atoms with Gasteiger partial charge in [0.05, 0.1) is 17.7 Å². The van der Waals surface area contributed by atoms with Gasteiger partial charge in [0.15, 0.2) is 0 Å². The van der Waals surface area contributed by atoms with Crippen LogP contribution in [0.25, 0.3) is 6.08 Å². The molecule has 0 bridgehead atoms. The van der Waals surface area contributed by atoms with Crippen molar-refractivity contribution in [1.29, 1.82) is 0 Å². The molecular weight excluding hydrogens is 383 g/mol. The highest BCUT2D eigenvalue weighted by atomic mass is 35.5. The molecule has 0 aliphatic carbocycles. The normalized spacial score (nSPS) is 16.4. The number of amides is 3. The van der Waals surface area contributed by atoms with E-state index in [9.17, 15) is 14.0 Å². The number of rotatable bonds is 6. The van der Waals surface area contributed by atoms with E-state index in [-0.39, 0.29) is 23.9 Å². The fourth-order valence-electron chi connectivity index (χ4n) is 2.68. The van der Waals surface area contributed by atoms with Crippen LogP contribution in [0.4, 0.5) is 9.18 Å². The Morgan fingerprint density at radius 2 is 2.00 bits per heavy atom. The van der Waals surface area contributed by atoms with Gasteiger partial charge in [-0.15, -0.1) is 0 Å². The molecule has 1 unspecified atom stereocenters. The monoisotopic (exact) mass is 402 g/mol. The molecule has 1 aliphatic heterocycles. The number of imide groups is 1. The molecule has 0 saturated carbocycles. The van der Waals surface area contributed by atoms with Gasteiger partial charge in [-0.1, -0.05) is 42.8 Å². The first kappa shape index (κ1) is 19.9. The number of hydrogen-bond acceptors (Lipinski definition) is 3. The summed E-state index contributed by atoms with van der Waals surface area (Å²) in [6.45, 7) is 3.82. The number of ether oxygens (including phenoxy) is 1. The van der Waals surface area contributed by atoms with Gasteiger partial charge in [0.25, 0.3) is 5.91 Å². The number of nitrogens with zero attached hydrogens (tertiary/aromatic N) is 1. The number of hydrogen-bond donors (Lipinski definition) is 1. The summed E-state index contributed by atoms with van der Waals surface area (Å²) in [7, 11) is 0. The predicted octanol–water partition coefficient (Wildman–Crippen LogP) is 4.75. The molecule has 1 heterocycles. The van der Waals surface area contributed by atoms with Crippen LogP contribution in [0, 0.1) is 5.82 Å². The Bertz CT molecular complexity index is 945. The summed E-state index contributed by atoms with van der Waals surface area (Å²) in [4.78, 5) is 25.7. The van der Waals surface area contributed by atoms with E-state index in [4.69, 9.17) is 16.3 Å². The van der Waals surface area contributed by atoms with Crippen molar-refractivity contribution in [2.24, 2.45) is 0 Å². The van der Waals surface area contributed by atoms with E-state index in [0.717, 1.165) is 11.3 Å². The van der Waals surface area contributed by atoms with Crippen molar-refractivity contribution in [3.8, 4) is 5.75 Å². The van der Waals surface area contributed by atoms with E-state index in [1.165, 1.54) is 18.2 Å². The number of carbonyl (C=O) groups is 2. The third-order valence-electron chi connectivity index (χ3n) is 4.42. The Morgan fingerprint density at radius 1 is 1.25 bits per heavy atom. The lowest BCUT2D eigenvalue weighted by Gasteiger charge is -2.14. The van der Waals surface area contributed by atoms with Crippen molar-refractivity contribution in [3.63, 3.8) is 0 Å². The van der Waals surface area contributed by atoms with Gasteiger partial charge in [-0.05, 0) is 43.2 Å². The second kappa shape index (κ2) is 8.44. The molecule has 1 aliphatic rings. The van der Waals surface area contributed by atoms with Crippen LogP contribution in [-0.2, 0) is 11.3 Å². The summed E-state index contributed by atoms with van der Waals surface area (Å²) < 4.78 is 19.5. The third-order valence-corrected chi connectivity index (χ3v) is 4.71. The van der Waals surface area contributed by atoms with E-state index in [0.29, 0.717) is 16.3 Å². The second-order valence-electron chi connectivity index (χ2n) is 6.50. The summed E-state index contributed by atoms with van der Waals surface area (Å²) in [5, 5.41) is 2.93. The number of halogens is 2. The van der Waals surface area contributed by atoms with Gasteiger partial charge in [0, 0.05) is 5.56 Å². The Labute approximate surface area is 167 Å². The van der Waals surface area contributed by atoms with Gasteiger partial charge in [-0.3, -0.25) is 9.69 Å². The topological polar surface area (TPSA) is 58.6 Å². The van der Waals surface area contributed by atoms with Gasteiger partial charge in [-0.2, -0.15) is 0 Å². The first-order valence-electron chi connectivity index (χ1n) is 8.93. The van der Waals surface area contributed by atoms with Crippen LogP contribution < -0.4 is 10.1 Å². The van der Waals surface area contributed by atoms with Gasteiger partial charge < -0.3 is 10.1 Å². The Morgan fingerprint density at radius 3 is 2.68 bits per heavy atom. The minimum absolute atomic E-state index is 0.0318. The average molecular weight is 403 g/mol. The third kappa shape index (κ3) is 4.34. The van der Waals surface area contributed by atoms with Crippen molar-refractivity contribution in [3.05, 3.63) is 70.1 Å². The highest BCUT2D eigenvalue weighted by Crippen LogP contribution is 2.28. The molecule has 3 rings (SSSR count). The molecular formula is C21H20ClFN2O3. The number of carbonyl (C=O) groups excluding carboxylic acids is 2. The maximum absolute atomic E-state index is 13.8. The number of urea groups is 1. The second-order valence-corrected chi connectivity index (χ2v) is 6.90. The zero-order chi connectivity index (χ0) is 20.3. The van der Waals surface area contributed by atoms with Gasteiger partial charge >= 0.3 is 6.03 Å². The highest BCUT2D eigenvalue weighted by Gasteiger charge is 2.34. The SMILES string of the molecule is CCC(C)Oc1ccc(C=C2NC(=O)N(Cc3ccccc3F)C2=O)cc1Cl. The van der Waals surface area contributed by atoms with E-state index < -0.39 is 17.8 Å². The van der Waals surface area contributed by atoms with Crippen LogP contribution in [0.1, 0.15) is 31.4 Å². The van der Waals surface area contributed by atoms with Crippen LogP contribution in [0.5, 0.6) is 5.75 Å². The maximum Gasteiger partial charge on any atom is 0.329 e. The zero-order valence-electron chi connectivity index (χ0n) is 15.5. The van der Waals surface area contributed by atoms with Crippen LogP contribution in [0.2, 0.25) is 5.02 Å². The standard InChI is InChI=1S/C21H20ClFN2O3/c1-3-13(2)28-19-9-8-14(10-16(19)22)11-18-20(26)25(21(27)24-18)12-15-6-4-5-7-17(15)23/h4-11,13H,3,12H2,1-2H3,(H,24,27). The summed E-state index contributed by atoms with van der Waals surface area (Å²) in [6.07, 6.45) is 2.41. The highest BCUT2D eigenvalue weighted by molar-refractivity contribution is 6.32. The lowest BCUT2D eigenvalue weighted by Crippen LogP contribution is -2.30. The van der Waals surface area contributed by atoms with E-state index >= 15 is 0 Å². The molecule has 28 heavy (non-hydrogen) atoms. The molecule has 2 aromatic rings. The molecule has 1 N–H and O–H groups in total. The van der Waals surface area contributed by atoms with Crippen molar-refractivity contribution < 1.29 is 18.7 Å². The van der Waals surface area contributed by atoms with Crippen LogP contribution in [-0.4, -0.2) is 22.9 Å². The predicted molar refractivity (Wildman–Crippen MR) is 105 cm³/mol. The van der Waals surface area contributed by atoms with Crippen molar-refractivity contribution in [2.75, 3.05) is 0 Å². The minimum atomic E-state index is -0.595. The molecule has 0 spiro atoms. The molecule has 2 aromatic carbocycles. The molecule has 1 fully saturated rings. The van der Waals surface area contributed by atoms with Crippen molar-refractivity contribution >= 4 is 29.6 Å². The number of nitrogens with one attached hydrogen (secondary N) is 1. The molecule has 146 valence electrons. The van der Waals surface area contributed by atoms with Gasteiger partial charge in [-0.25, -0.2) is 9.18 Å². The Hall–Kier alpha value is -2.86. The van der Waals surface area contributed by atoms with E-state index in [1.54, 1.807) is 30.3 Å². The molecule has 0 radical (unpaired) electrons. The van der Waals surface area contributed by atoms with Crippen molar-refractivity contribution in [2.45, 2.75) is 32.9 Å². The first-order chi connectivity index (χ1) is 13.4. The minimum Gasteiger partial charge on any atom is -0.489 e. The molecule has 7 heteroatoms. The Kier molecular flexibility index (Phi) is 5.99. The van der Waals surface area contributed by atoms with Crippen LogP contribution in [0.3, 0.4) is 0 Å². The van der Waals surface area contributed by atoms with Crippen molar-refractivity contribution in [1.82, 2.24) is 10.2 Å². The molecule has 1 atom stereocenters. The van der Waals surface area contributed by atoms with Crippen LogP contribution in [0.15, 0.2) is 48.2 Å². The Balaban J connectivity index is 1.78. The number of benzene rings is 2. The zero-order valence-corrected chi connectivity index (χ0v) is 16.3. The largest absolute Gasteiger partial charge is 0.489 e. The lowest BCUT2D eigenvalue weighted by molar-refractivity contribution is -0.123. The fourth-order valence-corrected chi connectivity index (χ4v) is 2.91. The summed E-state index contributed by atoms with van der Waals surface area (Å²) in [5.74, 6) is -0.436. The maximum atomic E-state index is 13.8. The lowest BCUT2D eigenvalue weighted by atomic mass is 10.1. The smallest absolute Gasteiger partial charge is 0.329 e. The fraction of sp³-hybridized carbons (Fsp3) is 0.238. The molecule has 0 aromatic heterocycles. The van der Waals surface area contributed by atoms with Gasteiger partial charge in [0.2, 0.25) is 0 Å². The molecule has 5 nitrogen and oxygen atoms in total. The quantitative estimate of drug-likeness (QED) is 0.560. The van der Waals surface area contributed by atoms with Gasteiger partial charge in [0.1, 0.15) is 17.3 Å².